The predicted octanol–water partition coefficient (Wildman–Crippen LogP) is -0.0884. The molecule has 1 saturated heterocycles. The van der Waals surface area contributed by atoms with Gasteiger partial charge in [-0.25, -0.2) is 0 Å². The number of hydrogen-bond acceptors (Lipinski definition) is 4. The van der Waals surface area contributed by atoms with Crippen molar-refractivity contribution in [1.82, 2.24) is 15.4 Å². The highest BCUT2D eigenvalue weighted by Gasteiger charge is 2.33. The highest BCUT2D eigenvalue weighted by atomic mass is 16.5. The van der Waals surface area contributed by atoms with Crippen molar-refractivity contribution < 1.29 is 14.1 Å². The third-order valence-electron chi connectivity index (χ3n) is 2.62. The molecule has 0 radical (unpaired) electrons. The van der Waals surface area contributed by atoms with Crippen LogP contribution < -0.4 is 5.32 Å². The summed E-state index contributed by atoms with van der Waals surface area (Å²) < 4.78 is 4.94. The number of piperazine rings is 1. The van der Waals surface area contributed by atoms with E-state index in [0.29, 0.717) is 18.7 Å². The van der Waals surface area contributed by atoms with Crippen LogP contribution in [-0.2, 0) is 16.1 Å². The first-order valence-electron chi connectivity index (χ1n) is 5.19. The van der Waals surface area contributed by atoms with Gasteiger partial charge in [-0.1, -0.05) is 12.1 Å². The van der Waals surface area contributed by atoms with E-state index in [-0.39, 0.29) is 18.4 Å². The van der Waals surface area contributed by atoms with Gasteiger partial charge >= 0.3 is 0 Å². The lowest BCUT2D eigenvalue weighted by molar-refractivity contribution is -0.146. The van der Waals surface area contributed by atoms with Crippen LogP contribution in [0.1, 0.15) is 19.1 Å². The van der Waals surface area contributed by atoms with Gasteiger partial charge in [0.2, 0.25) is 11.8 Å². The van der Waals surface area contributed by atoms with Gasteiger partial charge in [0.1, 0.15) is 6.04 Å². The van der Waals surface area contributed by atoms with E-state index in [9.17, 15) is 9.59 Å². The van der Waals surface area contributed by atoms with Crippen LogP contribution in [0.4, 0.5) is 0 Å². The zero-order valence-electron chi connectivity index (χ0n) is 8.97. The molecule has 0 spiro atoms. The van der Waals surface area contributed by atoms with Gasteiger partial charge in [0.25, 0.3) is 0 Å². The summed E-state index contributed by atoms with van der Waals surface area (Å²) in [5.74, 6) is 0.381. The van der Waals surface area contributed by atoms with E-state index in [1.807, 2.05) is 6.92 Å². The number of aromatic nitrogens is 1. The van der Waals surface area contributed by atoms with E-state index in [4.69, 9.17) is 4.52 Å². The number of carbonyl (C=O) groups is 2. The minimum absolute atomic E-state index is 0.0590. The van der Waals surface area contributed by atoms with Crippen LogP contribution in [0, 0.1) is 0 Å². The van der Waals surface area contributed by atoms with E-state index < -0.39 is 6.04 Å². The molecule has 1 unspecified atom stereocenters. The average molecular weight is 223 g/mol. The molecule has 6 heteroatoms. The minimum atomic E-state index is -0.411. The molecule has 6 nitrogen and oxygen atoms in total. The Morgan fingerprint density at radius 3 is 3.06 bits per heavy atom. The molecule has 1 aliphatic rings. The van der Waals surface area contributed by atoms with E-state index >= 15 is 0 Å². The van der Waals surface area contributed by atoms with Crippen LogP contribution in [0.2, 0.25) is 0 Å². The third-order valence-corrected chi connectivity index (χ3v) is 2.62. The number of nitrogens with zero attached hydrogens (tertiary/aromatic N) is 2. The standard InChI is InChI=1S/C10H13N3O3/c1-2-8-10(15)11-5-9(14)13(8)6-7-3-4-12-16-7/h3-4,8H,2,5-6H2,1H3,(H,11,15). The SMILES string of the molecule is CCC1C(=O)NCC(=O)N1Cc1ccno1. The summed E-state index contributed by atoms with van der Waals surface area (Å²) in [7, 11) is 0. The second kappa shape index (κ2) is 4.34. The molecule has 2 rings (SSSR count). The Balaban J connectivity index is 2.15. The number of rotatable bonds is 3. The Labute approximate surface area is 92.6 Å². The lowest BCUT2D eigenvalue weighted by Crippen LogP contribution is -2.57. The molecule has 16 heavy (non-hydrogen) atoms. The van der Waals surface area contributed by atoms with Crippen molar-refractivity contribution >= 4 is 11.8 Å². The number of hydrogen-bond donors (Lipinski definition) is 1. The first-order valence-corrected chi connectivity index (χ1v) is 5.19. The van der Waals surface area contributed by atoms with Gasteiger partial charge in [-0.15, -0.1) is 0 Å². The van der Waals surface area contributed by atoms with E-state index in [1.165, 1.54) is 11.1 Å². The molecule has 1 aromatic rings. The quantitative estimate of drug-likeness (QED) is 0.777. The fourth-order valence-electron chi connectivity index (χ4n) is 1.79. The highest BCUT2D eigenvalue weighted by Crippen LogP contribution is 2.13. The maximum absolute atomic E-state index is 11.7. The molecule has 0 saturated carbocycles. The van der Waals surface area contributed by atoms with E-state index in [0.717, 1.165) is 0 Å². The Kier molecular flexibility index (Phi) is 2.89. The van der Waals surface area contributed by atoms with E-state index in [2.05, 4.69) is 10.5 Å². The van der Waals surface area contributed by atoms with Crippen molar-refractivity contribution in [1.29, 1.82) is 0 Å². The van der Waals surface area contributed by atoms with Gasteiger partial charge in [-0.05, 0) is 6.42 Å². The second-order valence-corrected chi connectivity index (χ2v) is 3.64. The third kappa shape index (κ3) is 1.91. The summed E-state index contributed by atoms with van der Waals surface area (Å²) in [6.45, 7) is 2.23. The fourth-order valence-corrected chi connectivity index (χ4v) is 1.79. The van der Waals surface area contributed by atoms with Gasteiger partial charge in [0.05, 0.1) is 19.3 Å². The summed E-state index contributed by atoms with van der Waals surface area (Å²) in [6, 6.07) is 1.28. The summed E-state index contributed by atoms with van der Waals surface area (Å²) in [6.07, 6.45) is 2.11. The molecule has 2 heterocycles. The van der Waals surface area contributed by atoms with Crippen LogP contribution in [-0.4, -0.2) is 34.5 Å². The van der Waals surface area contributed by atoms with Crippen LogP contribution in [0.15, 0.2) is 16.8 Å². The molecule has 1 fully saturated rings. The normalized spacial score (nSPS) is 21.1. The summed E-state index contributed by atoms with van der Waals surface area (Å²) in [4.78, 5) is 24.8. The van der Waals surface area contributed by atoms with Crippen LogP contribution in [0.25, 0.3) is 0 Å². The molecule has 1 aliphatic heterocycles. The van der Waals surface area contributed by atoms with Crippen molar-refractivity contribution in [3.63, 3.8) is 0 Å². The van der Waals surface area contributed by atoms with E-state index in [1.54, 1.807) is 6.07 Å². The molecule has 2 amide bonds. The number of nitrogens with one attached hydrogen (secondary N) is 1. The zero-order chi connectivity index (χ0) is 11.5. The monoisotopic (exact) mass is 223 g/mol. The zero-order valence-corrected chi connectivity index (χ0v) is 8.97. The van der Waals surface area contributed by atoms with Gasteiger partial charge in [-0.3, -0.25) is 9.59 Å². The van der Waals surface area contributed by atoms with Crippen molar-refractivity contribution in [3.05, 3.63) is 18.0 Å². The minimum Gasteiger partial charge on any atom is -0.360 e. The Hall–Kier alpha value is -1.85. The van der Waals surface area contributed by atoms with Crippen molar-refractivity contribution in [3.8, 4) is 0 Å². The van der Waals surface area contributed by atoms with Crippen molar-refractivity contribution in [2.45, 2.75) is 25.9 Å². The maximum atomic E-state index is 11.7. The summed E-state index contributed by atoms with van der Waals surface area (Å²) >= 11 is 0. The second-order valence-electron chi connectivity index (χ2n) is 3.64. The van der Waals surface area contributed by atoms with Crippen molar-refractivity contribution in [2.75, 3.05) is 6.54 Å². The van der Waals surface area contributed by atoms with Crippen molar-refractivity contribution in [2.24, 2.45) is 0 Å². The number of amides is 2. The molecule has 0 bridgehead atoms. The summed E-state index contributed by atoms with van der Waals surface area (Å²) in [5.41, 5.74) is 0. The van der Waals surface area contributed by atoms with Gasteiger partial charge < -0.3 is 14.7 Å². The van der Waals surface area contributed by atoms with Crippen LogP contribution in [0.3, 0.4) is 0 Å². The Morgan fingerprint density at radius 1 is 1.62 bits per heavy atom. The Morgan fingerprint density at radius 2 is 2.44 bits per heavy atom. The number of carbonyl (C=O) groups excluding carboxylic acids is 2. The molecule has 1 N–H and O–H groups in total. The smallest absolute Gasteiger partial charge is 0.243 e. The van der Waals surface area contributed by atoms with Crippen LogP contribution in [0.5, 0.6) is 0 Å². The first kappa shape index (κ1) is 10.7. The lowest BCUT2D eigenvalue weighted by Gasteiger charge is -2.33. The average Bonchev–Trinajstić information content (AvgIpc) is 2.77. The predicted molar refractivity (Wildman–Crippen MR) is 54.1 cm³/mol. The largest absolute Gasteiger partial charge is 0.360 e. The molecule has 86 valence electrons. The maximum Gasteiger partial charge on any atom is 0.243 e. The first-order chi connectivity index (χ1) is 7.72. The van der Waals surface area contributed by atoms with Crippen LogP contribution >= 0.6 is 0 Å². The Bertz CT molecular complexity index is 388. The molecule has 0 aliphatic carbocycles. The lowest BCUT2D eigenvalue weighted by atomic mass is 10.1. The molecule has 0 aromatic carbocycles. The molecule has 1 atom stereocenters. The molecular formula is C10H13N3O3. The van der Waals surface area contributed by atoms with Gasteiger partial charge in [0.15, 0.2) is 5.76 Å². The molecular weight excluding hydrogens is 210 g/mol. The topological polar surface area (TPSA) is 75.4 Å². The van der Waals surface area contributed by atoms with Gasteiger partial charge in [-0.2, -0.15) is 0 Å². The van der Waals surface area contributed by atoms with Gasteiger partial charge in [0, 0.05) is 6.07 Å². The fraction of sp³-hybridized carbons (Fsp3) is 0.500. The highest BCUT2D eigenvalue weighted by molar-refractivity contribution is 5.94. The molecule has 1 aromatic heterocycles. The summed E-state index contributed by atoms with van der Waals surface area (Å²) in [5, 5.41) is 6.14.